The lowest BCUT2D eigenvalue weighted by Crippen LogP contribution is -2.47. The maximum atomic E-state index is 12.4. The summed E-state index contributed by atoms with van der Waals surface area (Å²) in [4.78, 5) is 21.6. The van der Waals surface area contributed by atoms with Gasteiger partial charge in [0, 0.05) is 11.1 Å². The van der Waals surface area contributed by atoms with E-state index in [4.69, 9.17) is 0 Å². The minimum Gasteiger partial charge on any atom is -0.340 e. The molecule has 0 radical (unpaired) electrons. The average Bonchev–Trinajstić information content (AvgIpc) is 3.59. The van der Waals surface area contributed by atoms with Crippen LogP contribution in [-0.4, -0.2) is 27.2 Å². The zero-order chi connectivity index (χ0) is 20.3. The van der Waals surface area contributed by atoms with Gasteiger partial charge < -0.3 is 10.6 Å². The maximum absolute atomic E-state index is 12.4. The summed E-state index contributed by atoms with van der Waals surface area (Å²) < 4.78 is 0. The first kappa shape index (κ1) is 19.2. The average molecular weight is 404 g/mol. The Hall–Kier alpha value is -3.11. The van der Waals surface area contributed by atoms with Crippen molar-refractivity contribution in [2.24, 2.45) is 5.92 Å². The van der Waals surface area contributed by atoms with Gasteiger partial charge in [0.1, 0.15) is 11.4 Å². The molecule has 1 aromatic heterocycles. The molecule has 1 saturated carbocycles. The van der Waals surface area contributed by atoms with Crippen molar-refractivity contribution in [1.29, 1.82) is 5.26 Å². The normalized spacial score (nSPS) is 15.3. The lowest BCUT2D eigenvalue weighted by atomic mass is 9.98. The summed E-state index contributed by atoms with van der Waals surface area (Å²) in [6.07, 6.45) is 1.97. The fourth-order valence-corrected chi connectivity index (χ4v) is 3.86. The van der Waals surface area contributed by atoms with E-state index < -0.39 is 5.54 Å². The topological polar surface area (TPSA) is 90.7 Å². The third kappa shape index (κ3) is 4.49. The smallest absolute Gasteiger partial charge is 0.231 e. The lowest BCUT2D eigenvalue weighted by Gasteiger charge is -2.22. The highest BCUT2D eigenvalue weighted by Gasteiger charge is 2.42. The van der Waals surface area contributed by atoms with Crippen LogP contribution in [0.2, 0.25) is 0 Å². The van der Waals surface area contributed by atoms with E-state index >= 15 is 0 Å². The number of thioether (sulfide) groups is 1. The van der Waals surface area contributed by atoms with Crippen molar-refractivity contribution in [3.05, 3.63) is 54.6 Å². The number of aromatic nitrogens is 2. The highest BCUT2D eigenvalue weighted by molar-refractivity contribution is 7.99. The third-order valence-corrected chi connectivity index (χ3v) is 5.82. The highest BCUT2D eigenvalue weighted by atomic mass is 32.2. The fraction of sp³-hybridized carbons (Fsp3) is 0.273. The van der Waals surface area contributed by atoms with E-state index in [1.165, 1.54) is 11.8 Å². The summed E-state index contributed by atoms with van der Waals surface area (Å²) in [5, 5.41) is 17.1. The highest BCUT2D eigenvalue weighted by Crippen LogP contribution is 2.39. The number of carbonyl (C=O) groups is 1. The Balaban J connectivity index is 1.51. The van der Waals surface area contributed by atoms with Crippen molar-refractivity contribution in [2.75, 3.05) is 11.1 Å². The van der Waals surface area contributed by atoms with Crippen LogP contribution in [0.5, 0.6) is 0 Å². The predicted octanol–water partition coefficient (Wildman–Crippen LogP) is 4.27. The van der Waals surface area contributed by atoms with Crippen molar-refractivity contribution < 1.29 is 4.79 Å². The first-order chi connectivity index (χ1) is 14.1. The monoisotopic (exact) mass is 403 g/mol. The van der Waals surface area contributed by atoms with E-state index in [-0.39, 0.29) is 17.6 Å². The van der Waals surface area contributed by atoms with Gasteiger partial charge in [0.05, 0.1) is 17.3 Å². The predicted molar refractivity (Wildman–Crippen MR) is 115 cm³/mol. The molecule has 3 aromatic rings. The van der Waals surface area contributed by atoms with Gasteiger partial charge >= 0.3 is 0 Å². The van der Waals surface area contributed by atoms with Crippen LogP contribution in [0, 0.1) is 17.2 Å². The van der Waals surface area contributed by atoms with Crippen molar-refractivity contribution in [2.45, 2.75) is 30.5 Å². The number of amides is 1. The molecule has 1 aliphatic rings. The van der Waals surface area contributed by atoms with Crippen molar-refractivity contribution >= 4 is 40.1 Å². The van der Waals surface area contributed by atoms with Gasteiger partial charge in [-0.05, 0) is 49.9 Å². The van der Waals surface area contributed by atoms with Crippen molar-refractivity contribution in [3.8, 4) is 6.07 Å². The lowest BCUT2D eigenvalue weighted by molar-refractivity contribution is -0.119. The molecule has 29 heavy (non-hydrogen) atoms. The van der Waals surface area contributed by atoms with E-state index in [0.29, 0.717) is 11.0 Å². The molecule has 1 heterocycles. The van der Waals surface area contributed by atoms with E-state index in [1.807, 2.05) is 54.6 Å². The summed E-state index contributed by atoms with van der Waals surface area (Å²) in [7, 11) is 0. The number of nitrogens with one attached hydrogen (secondary N) is 2. The summed E-state index contributed by atoms with van der Waals surface area (Å²) >= 11 is 1.27. The van der Waals surface area contributed by atoms with Crippen LogP contribution < -0.4 is 10.6 Å². The van der Waals surface area contributed by atoms with Crippen LogP contribution in [0.4, 0.5) is 11.5 Å². The van der Waals surface area contributed by atoms with Crippen molar-refractivity contribution in [3.63, 3.8) is 0 Å². The molecule has 0 spiro atoms. The van der Waals surface area contributed by atoms with E-state index in [2.05, 4.69) is 26.7 Å². The van der Waals surface area contributed by atoms with E-state index in [0.717, 1.165) is 29.4 Å². The largest absolute Gasteiger partial charge is 0.340 e. The Bertz CT molecular complexity index is 1080. The second-order valence-electron chi connectivity index (χ2n) is 7.29. The van der Waals surface area contributed by atoms with Crippen LogP contribution in [0.3, 0.4) is 0 Å². The third-order valence-electron chi connectivity index (χ3n) is 4.98. The molecule has 0 aliphatic heterocycles. The zero-order valence-electron chi connectivity index (χ0n) is 16.1. The molecule has 7 heteroatoms. The van der Waals surface area contributed by atoms with Crippen LogP contribution in [0.25, 0.3) is 10.9 Å². The number of nitriles is 1. The number of para-hydroxylation sites is 2. The molecular formula is C22H21N5OS. The van der Waals surface area contributed by atoms with Gasteiger partial charge in [0.2, 0.25) is 5.91 Å². The zero-order valence-corrected chi connectivity index (χ0v) is 16.9. The minimum absolute atomic E-state index is 0.160. The number of hydrogen-bond donors (Lipinski definition) is 2. The number of carbonyl (C=O) groups excluding carboxylic acids is 1. The molecule has 1 atom stereocenters. The Morgan fingerprint density at radius 1 is 1.17 bits per heavy atom. The number of rotatable bonds is 7. The van der Waals surface area contributed by atoms with Gasteiger partial charge in [-0.25, -0.2) is 9.97 Å². The molecule has 0 bridgehead atoms. The summed E-state index contributed by atoms with van der Waals surface area (Å²) in [6, 6.07) is 19.8. The first-order valence-electron chi connectivity index (χ1n) is 9.51. The maximum Gasteiger partial charge on any atom is 0.231 e. The Morgan fingerprint density at radius 3 is 2.62 bits per heavy atom. The first-order valence-corrected chi connectivity index (χ1v) is 10.5. The van der Waals surface area contributed by atoms with Crippen LogP contribution in [-0.2, 0) is 4.79 Å². The van der Waals surface area contributed by atoms with Crippen LogP contribution in [0.15, 0.2) is 59.8 Å². The quantitative estimate of drug-likeness (QED) is 0.452. The standard InChI is InChI=1S/C22H21N5OS/c1-22(14-23,15-11-12-15)27-19(28)13-29-21-25-18-10-6-5-9-17(18)20(26-21)24-16-7-3-2-4-8-16/h2-10,15H,11-13H2,1H3,(H,27,28)(H,24,25,26)/t22-/m1/s1. The number of benzene rings is 2. The number of anilines is 2. The molecule has 4 rings (SSSR count). The Labute approximate surface area is 173 Å². The molecule has 1 fully saturated rings. The molecule has 2 aromatic carbocycles. The summed E-state index contributed by atoms with van der Waals surface area (Å²) in [6.45, 7) is 1.79. The summed E-state index contributed by atoms with van der Waals surface area (Å²) in [5.74, 6) is 0.928. The molecule has 146 valence electrons. The SMILES string of the molecule is C[C@](C#N)(NC(=O)CSc1nc(Nc2ccccc2)c2ccccc2n1)C1CC1. The minimum atomic E-state index is -0.790. The van der Waals surface area contributed by atoms with Gasteiger partial charge in [-0.15, -0.1) is 0 Å². The fourth-order valence-electron chi connectivity index (χ4n) is 3.21. The van der Waals surface area contributed by atoms with Crippen LogP contribution in [0.1, 0.15) is 19.8 Å². The van der Waals surface area contributed by atoms with E-state index in [1.54, 1.807) is 6.92 Å². The van der Waals surface area contributed by atoms with Crippen LogP contribution >= 0.6 is 11.8 Å². The van der Waals surface area contributed by atoms with Gasteiger partial charge in [-0.1, -0.05) is 42.1 Å². The molecule has 0 saturated heterocycles. The molecule has 6 nitrogen and oxygen atoms in total. The van der Waals surface area contributed by atoms with Crippen molar-refractivity contribution in [1.82, 2.24) is 15.3 Å². The van der Waals surface area contributed by atoms with E-state index in [9.17, 15) is 10.1 Å². The van der Waals surface area contributed by atoms with Gasteiger partial charge in [0.25, 0.3) is 0 Å². The second kappa shape index (κ2) is 8.10. The number of hydrogen-bond acceptors (Lipinski definition) is 6. The van der Waals surface area contributed by atoms with Gasteiger partial charge in [-0.2, -0.15) is 5.26 Å². The molecule has 2 N–H and O–H groups in total. The molecule has 1 aliphatic carbocycles. The summed E-state index contributed by atoms with van der Waals surface area (Å²) in [5.41, 5.74) is 0.949. The molecule has 0 unspecified atom stereocenters. The number of nitrogens with zero attached hydrogens (tertiary/aromatic N) is 3. The van der Waals surface area contributed by atoms with Gasteiger partial charge in [0.15, 0.2) is 5.16 Å². The number of fused-ring (bicyclic) bond motifs is 1. The second-order valence-corrected chi connectivity index (χ2v) is 8.23. The Kier molecular flexibility index (Phi) is 5.36. The molecular weight excluding hydrogens is 382 g/mol. The Morgan fingerprint density at radius 2 is 1.90 bits per heavy atom. The van der Waals surface area contributed by atoms with Gasteiger partial charge in [-0.3, -0.25) is 4.79 Å². The molecule has 1 amide bonds.